The van der Waals surface area contributed by atoms with E-state index in [0.29, 0.717) is 10.7 Å². The van der Waals surface area contributed by atoms with Crippen LogP contribution in [0.5, 0.6) is 0 Å². The van der Waals surface area contributed by atoms with Crippen LogP contribution < -0.4 is 5.32 Å². The molecule has 0 amide bonds. The number of nitrogens with zero attached hydrogens (tertiary/aromatic N) is 1. The number of nitrogens with one attached hydrogen (secondary N) is 1. The van der Waals surface area contributed by atoms with Gasteiger partial charge >= 0.3 is 5.97 Å². The molecule has 0 aliphatic rings. The fourth-order valence-electron chi connectivity index (χ4n) is 2.46. The number of aryl methyl sites for hydroxylation is 1. The van der Waals surface area contributed by atoms with E-state index in [2.05, 4.69) is 10.3 Å². The number of esters is 1. The highest BCUT2D eigenvalue weighted by Gasteiger charge is 2.30. The second-order valence-electron chi connectivity index (χ2n) is 5.78. The van der Waals surface area contributed by atoms with Crippen LogP contribution >= 0.6 is 22.9 Å². The zero-order chi connectivity index (χ0) is 20.3. The normalized spacial score (nSPS) is 11.2. The second kappa shape index (κ2) is 8.30. The summed E-state index contributed by atoms with van der Waals surface area (Å²) in [4.78, 5) is 16.6. The summed E-state index contributed by atoms with van der Waals surface area (Å²) in [5.41, 5.74) is 1.33. The molecule has 0 saturated carbocycles. The molecule has 1 heterocycles. The number of carbonyl (C=O) groups excluding carboxylic acids is 1. The van der Waals surface area contributed by atoms with Crippen molar-refractivity contribution in [3.63, 3.8) is 0 Å². The zero-order valence-corrected chi connectivity index (χ0v) is 17.5. The average molecular weight is 437 g/mol. The molecule has 1 aromatic heterocycles. The Balaban J connectivity index is 2.07. The molecule has 6 nitrogen and oxygen atoms in total. The summed E-state index contributed by atoms with van der Waals surface area (Å²) in [6.45, 7) is 3.61. The van der Waals surface area contributed by atoms with Crippen molar-refractivity contribution in [1.29, 1.82) is 0 Å². The lowest BCUT2D eigenvalue weighted by Gasteiger charge is -2.06. The Bertz CT molecular complexity index is 1110. The Morgan fingerprint density at radius 2 is 1.93 bits per heavy atom. The van der Waals surface area contributed by atoms with Gasteiger partial charge < -0.3 is 10.1 Å². The molecule has 28 heavy (non-hydrogen) atoms. The third kappa shape index (κ3) is 4.19. The highest BCUT2D eigenvalue weighted by atomic mass is 35.5. The van der Waals surface area contributed by atoms with Gasteiger partial charge in [-0.2, -0.15) is 0 Å². The SMILES string of the molecule is CCOC(=O)c1nc(Nc2ccc(Cl)cc2C)sc1S(=O)(=O)c1ccccc1. The van der Waals surface area contributed by atoms with Crippen molar-refractivity contribution in [2.45, 2.75) is 23.0 Å². The molecular formula is C19H17ClN2O4S2. The number of halogens is 1. The predicted molar refractivity (Wildman–Crippen MR) is 109 cm³/mol. The number of sulfone groups is 1. The lowest BCUT2D eigenvalue weighted by molar-refractivity contribution is 0.0516. The first kappa shape index (κ1) is 20.3. The van der Waals surface area contributed by atoms with E-state index in [1.54, 1.807) is 43.3 Å². The predicted octanol–water partition coefficient (Wildman–Crippen LogP) is 4.86. The van der Waals surface area contributed by atoms with Crippen molar-refractivity contribution in [3.05, 3.63) is 64.8 Å². The molecule has 0 saturated heterocycles. The maximum atomic E-state index is 13.1. The van der Waals surface area contributed by atoms with E-state index in [9.17, 15) is 13.2 Å². The topological polar surface area (TPSA) is 85.4 Å². The number of ether oxygens (including phenoxy) is 1. The standard InChI is InChI=1S/C19H17ClN2O4S2/c1-3-26-17(23)16-18(28(24,25)14-7-5-4-6-8-14)27-19(22-16)21-15-10-9-13(20)11-12(15)2/h4-11H,3H2,1-2H3,(H,21,22). The lowest BCUT2D eigenvalue weighted by Crippen LogP contribution is -2.11. The minimum absolute atomic E-state index is 0.0819. The van der Waals surface area contributed by atoms with Crippen LogP contribution in [0.4, 0.5) is 10.8 Å². The largest absolute Gasteiger partial charge is 0.461 e. The maximum Gasteiger partial charge on any atom is 0.359 e. The van der Waals surface area contributed by atoms with Crippen LogP contribution in [-0.2, 0) is 14.6 Å². The molecule has 0 aliphatic carbocycles. The smallest absolute Gasteiger partial charge is 0.359 e. The van der Waals surface area contributed by atoms with E-state index >= 15 is 0 Å². The number of hydrogen-bond donors (Lipinski definition) is 1. The summed E-state index contributed by atoms with van der Waals surface area (Å²) in [7, 11) is -3.93. The number of carbonyl (C=O) groups is 1. The van der Waals surface area contributed by atoms with E-state index in [1.807, 2.05) is 6.92 Å². The van der Waals surface area contributed by atoms with Crippen LogP contribution in [-0.4, -0.2) is 26.0 Å². The van der Waals surface area contributed by atoms with Crippen molar-refractivity contribution in [2.75, 3.05) is 11.9 Å². The molecule has 0 aliphatic heterocycles. The number of thiazole rings is 1. The average Bonchev–Trinajstić information content (AvgIpc) is 3.10. The Hall–Kier alpha value is -2.42. The summed E-state index contributed by atoms with van der Waals surface area (Å²) in [5, 5.41) is 3.91. The zero-order valence-electron chi connectivity index (χ0n) is 15.1. The molecule has 0 atom stereocenters. The Morgan fingerprint density at radius 3 is 2.57 bits per heavy atom. The first-order chi connectivity index (χ1) is 13.3. The molecule has 0 bridgehead atoms. The van der Waals surface area contributed by atoms with Gasteiger partial charge in [-0.1, -0.05) is 41.1 Å². The fraction of sp³-hybridized carbons (Fsp3) is 0.158. The molecule has 0 fully saturated rings. The van der Waals surface area contributed by atoms with Crippen molar-refractivity contribution < 1.29 is 17.9 Å². The van der Waals surface area contributed by atoms with Gasteiger partial charge in [-0.3, -0.25) is 0 Å². The lowest BCUT2D eigenvalue weighted by atomic mass is 10.2. The molecule has 2 aromatic carbocycles. The van der Waals surface area contributed by atoms with Gasteiger partial charge in [0.1, 0.15) is 0 Å². The third-order valence-electron chi connectivity index (χ3n) is 3.79. The highest BCUT2D eigenvalue weighted by Crippen LogP contribution is 2.35. The highest BCUT2D eigenvalue weighted by molar-refractivity contribution is 7.93. The molecule has 0 unspecified atom stereocenters. The number of benzene rings is 2. The molecule has 3 aromatic rings. The molecule has 0 radical (unpaired) electrons. The van der Waals surface area contributed by atoms with Crippen LogP contribution in [0.2, 0.25) is 5.02 Å². The van der Waals surface area contributed by atoms with E-state index in [4.69, 9.17) is 16.3 Å². The number of hydrogen-bond acceptors (Lipinski definition) is 7. The summed E-state index contributed by atoms with van der Waals surface area (Å²) in [5.74, 6) is -0.783. The summed E-state index contributed by atoms with van der Waals surface area (Å²) in [6, 6.07) is 13.1. The monoisotopic (exact) mass is 436 g/mol. The van der Waals surface area contributed by atoms with Crippen LogP contribution in [0.15, 0.2) is 57.6 Å². The number of rotatable bonds is 6. The number of anilines is 2. The number of aromatic nitrogens is 1. The van der Waals surface area contributed by atoms with Gasteiger partial charge in [0.15, 0.2) is 15.0 Å². The van der Waals surface area contributed by atoms with Gasteiger partial charge in [0.05, 0.1) is 11.5 Å². The quantitative estimate of drug-likeness (QED) is 0.555. The molecular weight excluding hydrogens is 420 g/mol. The molecule has 0 spiro atoms. The Kier molecular flexibility index (Phi) is 6.02. The first-order valence-electron chi connectivity index (χ1n) is 8.34. The maximum absolute atomic E-state index is 13.1. The van der Waals surface area contributed by atoms with Crippen LogP contribution in [0.1, 0.15) is 23.0 Å². The Labute approximate surface area is 172 Å². The van der Waals surface area contributed by atoms with Gasteiger partial charge in [0.25, 0.3) is 0 Å². The third-order valence-corrected chi connectivity index (χ3v) is 7.28. The van der Waals surface area contributed by atoms with Gasteiger partial charge in [0.2, 0.25) is 9.84 Å². The second-order valence-corrected chi connectivity index (χ2v) is 9.36. The Morgan fingerprint density at radius 1 is 1.21 bits per heavy atom. The van der Waals surface area contributed by atoms with Gasteiger partial charge in [-0.25, -0.2) is 18.2 Å². The minimum Gasteiger partial charge on any atom is -0.461 e. The summed E-state index contributed by atoms with van der Waals surface area (Å²) >= 11 is 6.85. The van der Waals surface area contributed by atoms with Crippen LogP contribution in [0.3, 0.4) is 0 Å². The van der Waals surface area contributed by atoms with E-state index in [-0.39, 0.29) is 26.5 Å². The van der Waals surface area contributed by atoms with E-state index in [1.165, 1.54) is 12.1 Å². The van der Waals surface area contributed by atoms with Gasteiger partial charge in [-0.15, -0.1) is 0 Å². The van der Waals surface area contributed by atoms with Crippen molar-refractivity contribution in [3.8, 4) is 0 Å². The fourth-order valence-corrected chi connectivity index (χ4v) is 5.46. The minimum atomic E-state index is -3.93. The molecule has 3 rings (SSSR count). The molecule has 9 heteroatoms. The molecule has 1 N–H and O–H groups in total. The van der Waals surface area contributed by atoms with Crippen LogP contribution in [0.25, 0.3) is 0 Å². The van der Waals surface area contributed by atoms with Crippen molar-refractivity contribution >= 4 is 49.6 Å². The van der Waals surface area contributed by atoms with Gasteiger partial charge in [-0.05, 0) is 49.7 Å². The van der Waals surface area contributed by atoms with Crippen molar-refractivity contribution in [2.24, 2.45) is 0 Å². The molecule has 146 valence electrons. The summed E-state index contributed by atoms with van der Waals surface area (Å²) < 4.78 is 31.0. The van der Waals surface area contributed by atoms with Gasteiger partial charge in [0, 0.05) is 10.7 Å². The van der Waals surface area contributed by atoms with E-state index < -0.39 is 15.8 Å². The first-order valence-corrected chi connectivity index (χ1v) is 11.0. The summed E-state index contributed by atoms with van der Waals surface area (Å²) in [6.07, 6.45) is 0. The van der Waals surface area contributed by atoms with E-state index in [0.717, 1.165) is 16.9 Å². The van der Waals surface area contributed by atoms with Crippen LogP contribution in [0, 0.1) is 6.92 Å². The van der Waals surface area contributed by atoms with Crippen molar-refractivity contribution in [1.82, 2.24) is 4.98 Å².